The van der Waals surface area contributed by atoms with Crippen LogP contribution in [0.1, 0.15) is 25.8 Å². The summed E-state index contributed by atoms with van der Waals surface area (Å²) in [5, 5.41) is 3.28. The minimum atomic E-state index is -4.15. The molecule has 2 unspecified atom stereocenters. The SMILES string of the molecule is CN=C(NCCCN(C)CC(F)(F)F)N1CCC(C)C(n2ccnc2)C1. The van der Waals surface area contributed by atoms with Crippen LogP contribution in [0, 0.1) is 5.92 Å². The molecule has 9 heteroatoms. The summed E-state index contributed by atoms with van der Waals surface area (Å²) >= 11 is 0. The largest absolute Gasteiger partial charge is 0.401 e. The van der Waals surface area contributed by atoms with Gasteiger partial charge in [-0.25, -0.2) is 4.98 Å². The standard InChI is InChI=1S/C17H29F3N6/c1-14-5-9-25(11-15(14)26-10-7-22-13-26)16(21-2)23-6-4-8-24(3)12-17(18,19)20/h7,10,13-15H,4-6,8-9,11-12H2,1-3H3,(H,21,23). The Morgan fingerprint density at radius 1 is 1.42 bits per heavy atom. The summed E-state index contributed by atoms with van der Waals surface area (Å²) < 4.78 is 39.1. The van der Waals surface area contributed by atoms with Gasteiger partial charge < -0.3 is 14.8 Å². The third kappa shape index (κ3) is 6.19. The van der Waals surface area contributed by atoms with Gasteiger partial charge in [0.25, 0.3) is 0 Å². The predicted octanol–water partition coefficient (Wildman–Crippen LogP) is 2.23. The summed E-state index contributed by atoms with van der Waals surface area (Å²) in [5.41, 5.74) is 0. The number of imidazole rings is 1. The number of nitrogens with zero attached hydrogens (tertiary/aromatic N) is 5. The molecule has 1 aliphatic heterocycles. The Bertz CT molecular complexity index is 557. The molecule has 2 heterocycles. The minimum absolute atomic E-state index is 0.336. The molecule has 1 aromatic heterocycles. The summed E-state index contributed by atoms with van der Waals surface area (Å²) in [7, 11) is 3.23. The summed E-state index contributed by atoms with van der Waals surface area (Å²) in [6, 6.07) is 0.336. The molecular weight excluding hydrogens is 345 g/mol. The van der Waals surface area contributed by atoms with Crippen molar-refractivity contribution in [2.45, 2.75) is 32.0 Å². The molecule has 0 saturated carbocycles. The normalized spacial score (nSPS) is 22.1. The van der Waals surface area contributed by atoms with E-state index in [0.717, 1.165) is 25.5 Å². The van der Waals surface area contributed by atoms with Gasteiger partial charge in [0.2, 0.25) is 0 Å². The van der Waals surface area contributed by atoms with E-state index in [-0.39, 0.29) is 0 Å². The van der Waals surface area contributed by atoms with Crippen molar-refractivity contribution >= 4 is 5.96 Å². The molecule has 0 aromatic carbocycles. The maximum absolute atomic E-state index is 12.3. The molecule has 2 atom stereocenters. The van der Waals surface area contributed by atoms with Crippen molar-refractivity contribution in [1.29, 1.82) is 0 Å². The lowest BCUT2D eigenvalue weighted by molar-refractivity contribution is -0.143. The molecule has 0 aliphatic carbocycles. The molecule has 6 nitrogen and oxygen atoms in total. The zero-order valence-electron chi connectivity index (χ0n) is 15.7. The number of guanidine groups is 1. The van der Waals surface area contributed by atoms with Gasteiger partial charge >= 0.3 is 6.18 Å². The number of likely N-dealkylation sites (tertiary alicyclic amines) is 1. The first-order valence-electron chi connectivity index (χ1n) is 8.98. The fourth-order valence-corrected chi connectivity index (χ4v) is 3.36. The topological polar surface area (TPSA) is 48.7 Å². The van der Waals surface area contributed by atoms with Crippen molar-refractivity contribution in [3.63, 3.8) is 0 Å². The second-order valence-electron chi connectivity index (χ2n) is 6.97. The highest BCUT2D eigenvalue weighted by molar-refractivity contribution is 5.80. The van der Waals surface area contributed by atoms with Gasteiger partial charge in [0.05, 0.1) is 18.9 Å². The van der Waals surface area contributed by atoms with Crippen LogP contribution in [-0.4, -0.2) is 78.3 Å². The van der Waals surface area contributed by atoms with Crippen molar-refractivity contribution in [2.24, 2.45) is 10.9 Å². The summed E-state index contributed by atoms with van der Waals surface area (Å²) in [6.45, 7) is 4.10. The van der Waals surface area contributed by atoms with Gasteiger partial charge in [0.1, 0.15) is 0 Å². The van der Waals surface area contributed by atoms with E-state index in [4.69, 9.17) is 0 Å². The zero-order chi connectivity index (χ0) is 19.2. The summed E-state index contributed by atoms with van der Waals surface area (Å²) in [6.07, 6.45) is 3.15. The average molecular weight is 374 g/mol. The molecule has 1 saturated heterocycles. The number of hydrogen-bond donors (Lipinski definition) is 1. The van der Waals surface area contributed by atoms with Gasteiger partial charge in [0.15, 0.2) is 5.96 Å². The maximum Gasteiger partial charge on any atom is 0.401 e. The van der Waals surface area contributed by atoms with Crippen LogP contribution in [0.2, 0.25) is 0 Å². The van der Waals surface area contributed by atoms with E-state index >= 15 is 0 Å². The fraction of sp³-hybridized carbons (Fsp3) is 0.765. The van der Waals surface area contributed by atoms with Gasteiger partial charge in [-0.2, -0.15) is 13.2 Å². The number of hydrogen-bond acceptors (Lipinski definition) is 3. The molecule has 1 N–H and O–H groups in total. The second kappa shape index (κ2) is 9.25. The first-order chi connectivity index (χ1) is 12.3. The predicted molar refractivity (Wildman–Crippen MR) is 96.1 cm³/mol. The Kier molecular flexibility index (Phi) is 7.31. The number of piperidine rings is 1. The van der Waals surface area contributed by atoms with Crippen molar-refractivity contribution in [3.8, 4) is 0 Å². The quantitative estimate of drug-likeness (QED) is 0.471. The lowest BCUT2D eigenvalue weighted by Crippen LogP contribution is -2.49. The van der Waals surface area contributed by atoms with Gasteiger partial charge in [-0.15, -0.1) is 0 Å². The molecule has 0 amide bonds. The van der Waals surface area contributed by atoms with Crippen LogP contribution in [-0.2, 0) is 0 Å². The Hall–Kier alpha value is -1.77. The molecule has 0 radical (unpaired) electrons. The first-order valence-corrected chi connectivity index (χ1v) is 8.98. The summed E-state index contributed by atoms with van der Waals surface area (Å²) in [4.78, 5) is 12.0. The van der Waals surface area contributed by atoms with Gasteiger partial charge in [-0.1, -0.05) is 6.92 Å². The Labute approximate surface area is 153 Å². The highest BCUT2D eigenvalue weighted by atomic mass is 19.4. The average Bonchev–Trinajstić information content (AvgIpc) is 3.08. The van der Waals surface area contributed by atoms with E-state index in [1.165, 1.54) is 11.9 Å². The number of aliphatic imine (C=N–C) groups is 1. The highest BCUT2D eigenvalue weighted by Gasteiger charge is 2.30. The molecule has 1 aliphatic rings. The van der Waals surface area contributed by atoms with Gasteiger partial charge in [-0.3, -0.25) is 9.89 Å². The third-order valence-corrected chi connectivity index (χ3v) is 4.79. The van der Waals surface area contributed by atoms with Crippen LogP contribution in [0.5, 0.6) is 0 Å². The van der Waals surface area contributed by atoms with Crippen LogP contribution >= 0.6 is 0 Å². The summed E-state index contributed by atoms with van der Waals surface area (Å²) in [5.74, 6) is 1.36. The van der Waals surface area contributed by atoms with Crippen LogP contribution in [0.3, 0.4) is 0 Å². The van der Waals surface area contributed by atoms with E-state index in [0.29, 0.717) is 31.5 Å². The monoisotopic (exact) mass is 374 g/mol. The number of nitrogens with one attached hydrogen (secondary N) is 1. The van der Waals surface area contributed by atoms with Gasteiger partial charge in [-0.05, 0) is 32.4 Å². The number of rotatable bonds is 6. The van der Waals surface area contributed by atoms with Gasteiger partial charge in [0, 0.05) is 39.1 Å². The highest BCUT2D eigenvalue weighted by Crippen LogP contribution is 2.27. The lowest BCUT2D eigenvalue weighted by atomic mass is 9.93. The van der Waals surface area contributed by atoms with Crippen LogP contribution < -0.4 is 5.32 Å². The maximum atomic E-state index is 12.3. The Morgan fingerprint density at radius 3 is 2.81 bits per heavy atom. The molecule has 0 bridgehead atoms. The Morgan fingerprint density at radius 2 is 2.19 bits per heavy atom. The molecule has 2 rings (SSSR count). The van der Waals surface area contributed by atoms with E-state index in [2.05, 4.69) is 31.7 Å². The van der Waals surface area contributed by atoms with Crippen molar-refractivity contribution in [1.82, 2.24) is 24.7 Å². The number of halogens is 3. The van der Waals surface area contributed by atoms with Crippen LogP contribution in [0.4, 0.5) is 13.2 Å². The van der Waals surface area contributed by atoms with E-state index in [9.17, 15) is 13.2 Å². The number of aromatic nitrogens is 2. The van der Waals surface area contributed by atoms with E-state index in [1.54, 1.807) is 13.2 Å². The molecule has 26 heavy (non-hydrogen) atoms. The first kappa shape index (κ1) is 20.5. The van der Waals surface area contributed by atoms with Crippen molar-refractivity contribution in [3.05, 3.63) is 18.7 Å². The lowest BCUT2D eigenvalue weighted by Gasteiger charge is -2.39. The second-order valence-corrected chi connectivity index (χ2v) is 6.97. The Balaban J connectivity index is 1.79. The smallest absolute Gasteiger partial charge is 0.356 e. The van der Waals surface area contributed by atoms with Crippen LogP contribution in [0.25, 0.3) is 0 Å². The number of alkyl halides is 3. The van der Waals surface area contributed by atoms with Crippen LogP contribution in [0.15, 0.2) is 23.7 Å². The zero-order valence-corrected chi connectivity index (χ0v) is 15.7. The van der Waals surface area contributed by atoms with Crippen molar-refractivity contribution in [2.75, 3.05) is 46.8 Å². The molecule has 0 spiro atoms. The molecular formula is C17H29F3N6. The van der Waals surface area contributed by atoms with E-state index in [1.807, 2.05) is 12.5 Å². The third-order valence-electron chi connectivity index (χ3n) is 4.79. The van der Waals surface area contributed by atoms with E-state index < -0.39 is 12.7 Å². The van der Waals surface area contributed by atoms with Crippen molar-refractivity contribution < 1.29 is 13.2 Å². The fourth-order valence-electron chi connectivity index (χ4n) is 3.36. The molecule has 1 fully saturated rings. The molecule has 1 aromatic rings. The minimum Gasteiger partial charge on any atom is -0.356 e. The molecule has 148 valence electrons.